The fourth-order valence-corrected chi connectivity index (χ4v) is 1.62. The van der Waals surface area contributed by atoms with E-state index < -0.39 is 18.8 Å². The maximum absolute atomic E-state index is 12.1. The van der Waals surface area contributed by atoms with Gasteiger partial charge in [0.25, 0.3) is 0 Å². The highest BCUT2D eigenvalue weighted by Crippen LogP contribution is 2.19. The first-order chi connectivity index (χ1) is 7.44. The lowest BCUT2D eigenvalue weighted by Crippen LogP contribution is -2.52. The van der Waals surface area contributed by atoms with Crippen molar-refractivity contribution < 1.29 is 22.8 Å². The third kappa shape index (κ3) is 3.71. The van der Waals surface area contributed by atoms with Crippen LogP contribution in [0.1, 0.15) is 12.8 Å². The predicted molar refractivity (Wildman–Crippen MR) is 49.9 cm³/mol. The van der Waals surface area contributed by atoms with Gasteiger partial charge in [-0.25, -0.2) is 4.79 Å². The number of carbonyl (C=O) groups is 2. The number of alkyl halides is 3. The smallest absolute Gasteiger partial charge is 0.324 e. The number of amides is 2. The largest absolute Gasteiger partial charge is 0.406 e. The van der Waals surface area contributed by atoms with Crippen LogP contribution in [-0.2, 0) is 4.79 Å². The quantitative estimate of drug-likeness (QED) is 0.692. The van der Waals surface area contributed by atoms with E-state index in [9.17, 15) is 22.8 Å². The zero-order valence-electron chi connectivity index (χ0n) is 8.66. The average molecular weight is 238 g/mol. The second-order valence-corrected chi connectivity index (χ2v) is 3.62. The van der Waals surface area contributed by atoms with Gasteiger partial charge in [0.05, 0.1) is 0 Å². The molecule has 0 unspecified atom stereocenters. The minimum absolute atomic E-state index is 0.121. The molecule has 1 heterocycles. The molecule has 1 aliphatic rings. The van der Waals surface area contributed by atoms with Crippen molar-refractivity contribution in [2.24, 2.45) is 0 Å². The Balaban J connectivity index is 2.53. The molecule has 92 valence electrons. The highest BCUT2D eigenvalue weighted by atomic mass is 19.4. The standard InChI is InChI=1S/C9H13F3N2O2/c10-9(11,12)7-14-4-1-3-13(8(14)16)5-2-6-15/h6H,1-5,7H2. The fourth-order valence-electron chi connectivity index (χ4n) is 1.62. The van der Waals surface area contributed by atoms with Gasteiger partial charge in [-0.05, 0) is 6.42 Å². The van der Waals surface area contributed by atoms with E-state index in [-0.39, 0.29) is 19.5 Å². The van der Waals surface area contributed by atoms with E-state index in [2.05, 4.69) is 0 Å². The Labute approximate surface area is 91.0 Å². The summed E-state index contributed by atoms with van der Waals surface area (Å²) in [6.45, 7) is -0.489. The molecule has 0 atom stereocenters. The van der Waals surface area contributed by atoms with Gasteiger partial charge in [-0.1, -0.05) is 0 Å². The lowest BCUT2D eigenvalue weighted by molar-refractivity contribution is -0.142. The van der Waals surface area contributed by atoms with E-state index in [1.54, 1.807) is 0 Å². The van der Waals surface area contributed by atoms with E-state index in [0.29, 0.717) is 19.3 Å². The number of urea groups is 1. The van der Waals surface area contributed by atoms with Crippen LogP contribution >= 0.6 is 0 Å². The molecule has 1 fully saturated rings. The van der Waals surface area contributed by atoms with Gasteiger partial charge in [-0.3, -0.25) is 0 Å². The minimum Gasteiger partial charge on any atom is -0.324 e. The number of aldehydes is 1. The van der Waals surface area contributed by atoms with Gasteiger partial charge in [0, 0.05) is 26.1 Å². The van der Waals surface area contributed by atoms with Crippen LogP contribution in [0.15, 0.2) is 0 Å². The van der Waals surface area contributed by atoms with Crippen LogP contribution in [0.3, 0.4) is 0 Å². The maximum Gasteiger partial charge on any atom is 0.406 e. The first-order valence-electron chi connectivity index (χ1n) is 4.98. The van der Waals surface area contributed by atoms with Crippen molar-refractivity contribution in [2.45, 2.75) is 19.0 Å². The number of nitrogens with zero attached hydrogens (tertiary/aromatic N) is 2. The van der Waals surface area contributed by atoms with Gasteiger partial charge < -0.3 is 14.6 Å². The average Bonchev–Trinajstić information content (AvgIpc) is 2.17. The van der Waals surface area contributed by atoms with Gasteiger partial charge in [0.2, 0.25) is 0 Å². The minimum atomic E-state index is -4.37. The molecule has 0 aromatic heterocycles. The third-order valence-electron chi connectivity index (χ3n) is 2.28. The third-order valence-corrected chi connectivity index (χ3v) is 2.28. The second kappa shape index (κ2) is 5.18. The Morgan fingerprint density at radius 3 is 2.44 bits per heavy atom. The number of hydrogen-bond donors (Lipinski definition) is 0. The molecule has 0 aromatic rings. The van der Waals surface area contributed by atoms with Crippen molar-refractivity contribution in [3.8, 4) is 0 Å². The van der Waals surface area contributed by atoms with Gasteiger partial charge >= 0.3 is 12.2 Å². The molecular weight excluding hydrogens is 225 g/mol. The Bertz CT molecular complexity index is 268. The van der Waals surface area contributed by atoms with Crippen molar-refractivity contribution in [2.75, 3.05) is 26.2 Å². The van der Waals surface area contributed by atoms with Gasteiger partial charge in [-0.2, -0.15) is 13.2 Å². The van der Waals surface area contributed by atoms with Gasteiger partial charge in [-0.15, -0.1) is 0 Å². The summed E-state index contributed by atoms with van der Waals surface area (Å²) >= 11 is 0. The number of carbonyl (C=O) groups excluding carboxylic acids is 2. The summed E-state index contributed by atoms with van der Waals surface area (Å²) in [7, 11) is 0. The molecule has 0 aromatic carbocycles. The first-order valence-corrected chi connectivity index (χ1v) is 4.98. The lowest BCUT2D eigenvalue weighted by Gasteiger charge is -2.35. The molecule has 0 radical (unpaired) electrons. The second-order valence-electron chi connectivity index (χ2n) is 3.62. The molecule has 1 rings (SSSR count). The SMILES string of the molecule is O=CCCN1CCCN(CC(F)(F)F)C1=O. The summed E-state index contributed by atoms with van der Waals surface area (Å²) in [4.78, 5) is 23.7. The highest BCUT2D eigenvalue weighted by molar-refractivity contribution is 5.75. The molecule has 0 aliphatic carbocycles. The van der Waals surface area contributed by atoms with E-state index in [0.717, 1.165) is 4.90 Å². The van der Waals surface area contributed by atoms with Crippen molar-refractivity contribution in [3.05, 3.63) is 0 Å². The maximum atomic E-state index is 12.1. The van der Waals surface area contributed by atoms with Gasteiger partial charge in [0.15, 0.2) is 0 Å². The van der Waals surface area contributed by atoms with Crippen LogP contribution < -0.4 is 0 Å². The number of rotatable bonds is 4. The molecule has 0 spiro atoms. The number of hydrogen-bond acceptors (Lipinski definition) is 2. The molecule has 2 amide bonds. The molecule has 4 nitrogen and oxygen atoms in total. The topological polar surface area (TPSA) is 40.6 Å². The van der Waals surface area contributed by atoms with Gasteiger partial charge in [0.1, 0.15) is 12.8 Å². The zero-order chi connectivity index (χ0) is 12.2. The van der Waals surface area contributed by atoms with Crippen molar-refractivity contribution >= 4 is 12.3 Å². The van der Waals surface area contributed by atoms with E-state index in [1.165, 1.54) is 4.90 Å². The summed E-state index contributed by atoms with van der Waals surface area (Å²) in [5.41, 5.74) is 0. The van der Waals surface area contributed by atoms with Crippen LogP contribution in [0.25, 0.3) is 0 Å². The summed E-state index contributed by atoms with van der Waals surface area (Å²) in [5, 5.41) is 0. The molecule has 1 aliphatic heterocycles. The first kappa shape index (κ1) is 12.8. The van der Waals surface area contributed by atoms with Crippen LogP contribution in [0.5, 0.6) is 0 Å². The van der Waals surface area contributed by atoms with E-state index in [4.69, 9.17) is 0 Å². The Kier molecular flexibility index (Phi) is 4.14. The van der Waals surface area contributed by atoms with Crippen LogP contribution in [0.4, 0.5) is 18.0 Å². The van der Waals surface area contributed by atoms with Crippen LogP contribution in [-0.4, -0.2) is 54.5 Å². The van der Waals surface area contributed by atoms with Crippen LogP contribution in [0, 0.1) is 0 Å². The van der Waals surface area contributed by atoms with Crippen molar-refractivity contribution in [1.82, 2.24) is 9.80 Å². The fraction of sp³-hybridized carbons (Fsp3) is 0.778. The van der Waals surface area contributed by atoms with E-state index in [1.807, 2.05) is 0 Å². The molecule has 1 saturated heterocycles. The monoisotopic (exact) mass is 238 g/mol. The Morgan fingerprint density at radius 2 is 1.88 bits per heavy atom. The molecule has 0 bridgehead atoms. The highest BCUT2D eigenvalue weighted by Gasteiger charge is 2.36. The number of halogens is 3. The molecule has 16 heavy (non-hydrogen) atoms. The van der Waals surface area contributed by atoms with Crippen molar-refractivity contribution in [1.29, 1.82) is 0 Å². The summed E-state index contributed by atoms with van der Waals surface area (Å²) in [5.74, 6) is 0. The molecule has 0 saturated carbocycles. The van der Waals surface area contributed by atoms with Crippen molar-refractivity contribution in [3.63, 3.8) is 0 Å². The zero-order valence-corrected chi connectivity index (χ0v) is 8.66. The summed E-state index contributed by atoms with van der Waals surface area (Å²) in [6, 6.07) is -0.634. The van der Waals surface area contributed by atoms with E-state index >= 15 is 0 Å². The summed E-state index contributed by atoms with van der Waals surface area (Å²) < 4.78 is 36.4. The molecule has 7 heteroatoms. The van der Waals surface area contributed by atoms with Crippen LogP contribution in [0.2, 0.25) is 0 Å². The Hall–Kier alpha value is -1.27. The lowest BCUT2D eigenvalue weighted by atomic mass is 10.2. The summed E-state index contributed by atoms with van der Waals surface area (Å²) in [6.07, 6.45) is -3.06. The normalized spacial score (nSPS) is 17.8. The molecule has 0 N–H and O–H groups in total. The molecular formula is C9H13F3N2O2. The Morgan fingerprint density at radius 1 is 1.25 bits per heavy atom. The predicted octanol–water partition coefficient (Wildman–Crippen LogP) is 1.27.